The summed E-state index contributed by atoms with van der Waals surface area (Å²) >= 11 is 0. The van der Waals surface area contributed by atoms with Crippen LogP contribution in [-0.2, 0) is 14.8 Å². The first-order valence-corrected chi connectivity index (χ1v) is 7.87. The van der Waals surface area contributed by atoms with Crippen molar-refractivity contribution in [1.82, 2.24) is 0 Å². The molecule has 0 spiro atoms. The highest BCUT2D eigenvalue weighted by Gasteiger charge is 2.32. The molecule has 2 rings (SSSR count). The maximum Gasteiger partial charge on any atom is 0.289 e. The first-order valence-electron chi connectivity index (χ1n) is 6.43. The van der Waals surface area contributed by atoms with Gasteiger partial charge in [-0.05, 0) is 18.2 Å². The fourth-order valence-electron chi connectivity index (χ4n) is 2.00. The minimum atomic E-state index is -4.33. The Hall–Kier alpha value is -2.94. The Bertz CT molecular complexity index is 837. The second kappa shape index (κ2) is 6.44. The summed E-state index contributed by atoms with van der Waals surface area (Å²) in [6, 6.07) is 12.7. The number of nitrogens with zero attached hydrogens (tertiary/aromatic N) is 2. The van der Waals surface area contributed by atoms with Gasteiger partial charge in [-0.15, -0.1) is 0 Å². The van der Waals surface area contributed by atoms with Crippen LogP contribution in [0.3, 0.4) is 0 Å². The molecule has 0 aromatic heterocycles. The summed E-state index contributed by atoms with van der Waals surface area (Å²) in [6.07, 6.45) is 0. The van der Waals surface area contributed by atoms with E-state index in [-0.39, 0.29) is 5.69 Å². The summed E-state index contributed by atoms with van der Waals surface area (Å²) in [4.78, 5) is 21.0. The van der Waals surface area contributed by atoms with Crippen molar-refractivity contribution in [3.8, 4) is 0 Å². The third-order valence-corrected chi connectivity index (χ3v) is 4.79. The lowest BCUT2D eigenvalue weighted by molar-refractivity contribution is -0.387. The highest BCUT2D eigenvalue weighted by molar-refractivity contribution is 7.93. The first kappa shape index (κ1) is 16.4. The number of nitro benzene ring substituents is 1. The first-order chi connectivity index (χ1) is 10.8. The summed E-state index contributed by atoms with van der Waals surface area (Å²) in [6.45, 7) is -0.627. The van der Waals surface area contributed by atoms with Gasteiger partial charge >= 0.3 is 0 Å². The number of nitrogens with two attached hydrogens (primary N) is 1. The standard InChI is InChI=1S/C14H13N3O5S/c15-14(18)10-16(11-6-2-1-3-7-11)23(21,22)13-9-5-4-8-12(13)17(19)20/h1-9H,10H2,(H2,15,18). The van der Waals surface area contributed by atoms with E-state index in [1.54, 1.807) is 18.2 Å². The normalized spacial score (nSPS) is 11.0. The van der Waals surface area contributed by atoms with Gasteiger partial charge in [-0.2, -0.15) is 0 Å². The van der Waals surface area contributed by atoms with Crippen LogP contribution in [0.1, 0.15) is 0 Å². The lowest BCUT2D eigenvalue weighted by Crippen LogP contribution is -2.38. The maximum atomic E-state index is 12.8. The molecule has 2 aromatic rings. The number of carbonyl (C=O) groups excluding carboxylic acids is 1. The highest BCUT2D eigenvalue weighted by Crippen LogP contribution is 2.29. The fraction of sp³-hybridized carbons (Fsp3) is 0.0714. The zero-order valence-corrected chi connectivity index (χ0v) is 12.6. The van der Waals surface area contributed by atoms with Crippen LogP contribution < -0.4 is 10.0 Å². The Morgan fingerprint density at radius 2 is 1.65 bits per heavy atom. The van der Waals surface area contributed by atoms with Gasteiger partial charge in [0.15, 0.2) is 4.90 Å². The number of para-hydroxylation sites is 2. The molecule has 0 bridgehead atoms. The summed E-state index contributed by atoms with van der Waals surface area (Å²) in [5, 5.41) is 11.1. The van der Waals surface area contributed by atoms with Gasteiger partial charge in [-0.25, -0.2) is 8.42 Å². The van der Waals surface area contributed by atoms with E-state index >= 15 is 0 Å². The topological polar surface area (TPSA) is 124 Å². The van der Waals surface area contributed by atoms with Crippen molar-refractivity contribution in [2.75, 3.05) is 10.8 Å². The zero-order chi connectivity index (χ0) is 17.0. The number of nitro groups is 1. The third-order valence-electron chi connectivity index (χ3n) is 2.97. The molecule has 0 fully saturated rings. The van der Waals surface area contributed by atoms with E-state index in [1.807, 2.05) is 0 Å². The molecule has 0 saturated carbocycles. The van der Waals surface area contributed by atoms with Crippen molar-refractivity contribution in [3.63, 3.8) is 0 Å². The molecule has 0 aliphatic rings. The molecular weight excluding hydrogens is 322 g/mol. The molecule has 23 heavy (non-hydrogen) atoms. The number of hydrogen-bond acceptors (Lipinski definition) is 5. The highest BCUT2D eigenvalue weighted by atomic mass is 32.2. The Kier molecular flexibility index (Phi) is 4.60. The van der Waals surface area contributed by atoms with Gasteiger partial charge in [-0.3, -0.25) is 19.2 Å². The summed E-state index contributed by atoms with van der Waals surface area (Å²) in [5.74, 6) is -0.879. The van der Waals surface area contributed by atoms with E-state index in [0.29, 0.717) is 0 Å². The third kappa shape index (κ3) is 3.46. The summed E-state index contributed by atoms with van der Waals surface area (Å²) in [5.41, 5.74) is 4.74. The Morgan fingerprint density at radius 3 is 2.22 bits per heavy atom. The van der Waals surface area contributed by atoms with Crippen molar-refractivity contribution in [1.29, 1.82) is 0 Å². The van der Waals surface area contributed by atoms with Crippen LogP contribution in [0.2, 0.25) is 0 Å². The molecule has 0 heterocycles. The number of anilines is 1. The van der Waals surface area contributed by atoms with Crippen LogP contribution in [-0.4, -0.2) is 25.8 Å². The number of sulfonamides is 1. The Morgan fingerprint density at radius 1 is 1.09 bits per heavy atom. The fourth-order valence-corrected chi connectivity index (χ4v) is 3.59. The molecule has 0 aliphatic carbocycles. The van der Waals surface area contributed by atoms with Gasteiger partial charge in [0.1, 0.15) is 6.54 Å². The van der Waals surface area contributed by atoms with Crippen molar-refractivity contribution in [2.24, 2.45) is 5.73 Å². The van der Waals surface area contributed by atoms with Gasteiger partial charge in [0, 0.05) is 6.07 Å². The second-order valence-electron chi connectivity index (χ2n) is 4.54. The van der Waals surface area contributed by atoms with Crippen LogP contribution in [0.15, 0.2) is 59.5 Å². The van der Waals surface area contributed by atoms with Gasteiger partial charge in [0.05, 0.1) is 10.6 Å². The van der Waals surface area contributed by atoms with Gasteiger partial charge in [-0.1, -0.05) is 30.3 Å². The SMILES string of the molecule is NC(=O)CN(c1ccccc1)S(=O)(=O)c1ccccc1[N+](=O)[O-]. The number of hydrogen-bond donors (Lipinski definition) is 1. The van der Waals surface area contributed by atoms with E-state index in [9.17, 15) is 23.3 Å². The molecule has 1 amide bonds. The molecular formula is C14H13N3O5S. The molecule has 0 unspecified atom stereocenters. The molecule has 8 nitrogen and oxygen atoms in total. The monoisotopic (exact) mass is 335 g/mol. The van der Waals surface area contributed by atoms with Crippen molar-refractivity contribution in [2.45, 2.75) is 4.90 Å². The van der Waals surface area contributed by atoms with E-state index in [4.69, 9.17) is 5.73 Å². The van der Waals surface area contributed by atoms with Gasteiger partial charge < -0.3 is 5.73 Å². The minimum absolute atomic E-state index is 0.185. The number of benzene rings is 2. The lowest BCUT2D eigenvalue weighted by Gasteiger charge is -2.22. The molecule has 120 valence electrons. The van der Waals surface area contributed by atoms with Crippen LogP contribution in [0.5, 0.6) is 0 Å². The number of amides is 1. The van der Waals surface area contributed by atoms with Crippen LogP contribution >= 0.6 is 0 Å². The van der Waals surface area contributed by atoms with E-state index < -0.39 is 38.0 Å². The van der Waals surface area contributed by atoms with E-state index in [1.165, 1.54) is 24.3 Å². The van der Waals surface area contributed by atoms with E-state index in [0.717, 1.165) is 16.4 Å². The zero-order valence-electron chi connectivity index (χ0n) is 11.8. The Labute approximate surface area is 132 Å². The quantitative estimate of drug-likeness (QED) is 0.629. The predicted molar refractivity (Wildman–Crippen MR) is 83.3 cm³/mol. The molecule has 2 N–H and O–H groups in total. The summed E-state index contributed by atoms with van der Waals surface area (Å²) in [7, 11) is -4.33. The molecule has 0 radical (unpaired) electrons. The van der Waals surface area contributed by atoms with Crippen LogP contribution in [0, 0.1) is 10.1 Å². The Balaban J connectivity index is 2.62. The molecule has 9 heteroatoms. The van der Waals surface area contributed by atoms with Gasteiger partial charge in [0.25, 0.3) is 15.7 Å². The maximum absolute atomic E-state index is 12.8. The lowest BCUT2D eigenvalue weighted by atomic mass is 10.3. The number of rotatable bonds is 6. The number of carbonyl (C=O) groups is 1. The van der Waals surface area contributed by atoms with Crippen LogP contribution in [0.4, 0.5) is 11.4 Å². The van der Waals surface area contributed by atoms with Crippen molar-refractivity contribution < 1.29 is 18.1 Å². The number of primary amides is 1. The minimum Gasteiger partial charge on any atom is -0.368 e. The molecule has 0 aliphatic heterocycles. The van der Waals surface area contributed by atoms with Crippen LogP contribution in [0.25, 0.3) is 0 Å². The van der Waals surface area contributed by atoms with E-state index in [2.05, 4.69) is 0 Å². The van der Waals surface area contributed by atoms with Gasteiger partial charge in [0.2, 0.25) is 5.91 Å². The average Bonchev–Trinajstić information content (AvgIpc) is 2.53. The largest absolute Gasteiger partial charge is 0.368 e. The van der Waals surface area contributed by atoms with Crippen molar-refractivity contribution >= 4 is 27.3 Å². The summed E-state index contributed by atoms with van der Waals surface area (Å²) < 4.78 is 26.4. The second-order valence-corrected chi connectivity index (χ2v) is 6.37. The predicted octanol–water partition coefficient (Wildman–Crippen LogP) is 1.28. The molecule has 0 saturated heterocycles. The van der Waals surface area contributed by atoms with Crippen molar-refractivity contribution in [3.05, 3.63) is 64.7 Å². The molecule has 2 aromatic carbocycles. The average molecular weight is 335 g/mol. The smallest absolute Gasteiger partial charge is 0.289 e. The molecule has 0 atom stereocenters.